The third-order valence-corrected chi connectivity index (χ3v) is 7.24. The van der Waals surface area contributed by atoms with Crippen molar-refractivity contribution in [3.8, 4) is 11.5 Å². The molecule has 2 aliphatic heterocycles. The predicted molar refractivity (Wildman–Crippen MR) is 117 cm³/mol. The van der Waals surface area contributed by atoms with Gasteiger partial charge in [0, 0.05) is 29.7 Å². The number of halogens is 1. The Morgan fingerprint density at radius 3 is 2.55 bits per heavy atom. The SMILES string of the molecule is O=C(COC(=O)C1CC(O)CN1S(=O)(=O)c1ccc(Cl)cc1)Nc1ccc2c(c1)OCCO2. The van der Waals surface area contributed by atoms with Gasteiger partial charge in [0.05, 0.1) is 11.0 Å². The first kappa shape index (κ1) is 23.3. The lowest BCUT2D eigenvalue weighted by molar-refractivity contribution is -0.150. The number of amides is 1. The molecular weight excluding hydrogens is 476 g/mol. The van der Waals surface area contributed by atoms with E-state index >= 15 is 0 Å². The molecule has 12 heteroatoms. The molecule has 0 aromatic heterocycles. The fraction of sp³-hybridized carbons (Fsp3) is 0.333. The van der Waals surface area contributed by atoms with Crippen molar-refractivity contribution in [2.24, 2.45) is 0 Å². The smallest absolute Gasteiger partial charge is 0.325 e. The fourth-order valence-electron chi connectivity index (χ4n) is 3.56. The molecule has 0 radical (unpaired) electrons. The molecule has 2 aliphatic rings. The lowest BCUT2D eigenvalue weighted by atomic mass is 10.2. The third kappa shape index (κ3) is 5.22. The Morgan fingerprint density at radius 1 is 1.12 bits per heavy atom. The molecule has 2 aromatic carbocycles. The molecule has 0 spiro atoms. The quantitative estimate of drug-likeness (QED) is 0.574. The van der Waals surface area contributed by atoms with Gasteiger partial charge in [0.25, 0.3) is 5.91 Å². The largest absolute Gasteiger partial charge is 0.486 e. The number of carbonyl (C=O) groups is 2. The standard InChI is InChI=1S/C21H21ClN2O8S/c22-13-1-4-16(5-2-13)33(28,29)24-11-15(25)10-17(24)21(27)32-12-20(26)23-14-3-6-18-19(9-14)31-8-7-30-18/h1-6,9,15,17,25H,7-8,10-12H2,(H,23,26). The minimum absolute atomic E-state index is 0.0739. The number of nitrogens with one attached hydrogen (secondary N) is 1. The van der Waals surface area contributed by atoms with Crippen molar-refractivity contribution in [3.05, 3.63) is 47.5 Å². The first-order chi connectivity index (χ1) is 15.7. The van der Waals surface area contributed by atoms with E-state index in [0.29, 0.717) is 35.4 Å². The molecule has 176 valence electrons. The van der Waals surface area contributed by atoms with Crippen LogP contribution in [0.3, 0.4) is 0 Å². The molecule has 2 aromatic rings. The van der Waals surface area contributed by atoms with Gasteiger partial charge in [0.1, 0.15) is 19.3 Å². The van der Waals surface area contributed by atoms with E-state index in [1.165, 1.54) is 24.3 Å². The van der Waals surface area contributed by atoms with Crippen molar-refractivity contribution in [3.63, 3.8) is 0 Å². The number of anilines is 1. The topological polar surface area (TPSA) is 131 Å². The highest BCUT2D eigenvalue weighted by Gasteiger charge is 2.44. The molecule has 10 nitrogen and oxygen atoms in total. The summed E-state index contributed by atoms with van der Waals surface area (Å²) in [6.07, 6.45) is -1.19. The number of carbonyl (C=O) groups excluding carboxylic acids is 2. The van der Waals surface area contributed by atoms with Crippen LogP contribution in [0.25, 0.3) is 0 Å². The number of hydrogen-bond acceptors (Lipinski definition) is 8. The highest BCUT2D eigenvalue weighted by Crippen LogP contribution is 2.32. The van der Waals surface area contributed by atoms with Crippen LogP contribution in [0.1, 0.15) is 6.42 Å². The highest BCUT2D eigenvalue weighted by atomic mass is 35.5. The molecular formula is C21H21ClN2O8S. The normalized spacial score (nSPS) is 20.3. The molecule has 0 saturated carbocycles. The summed E-state index contributed by atoms with van der Waals surface area (Å²) in [5, 5.41) is 12.9. The van der Waals surface area contributed by atoms with Crippen LogP contribution in [0.4, 0.5) is 5.69 Å². The summed E-state index contributed by atoms with van der Waals surface area (Å²) >= 11 is 5.81. The van der Waals surface area contributed by atoms with Crippen LogP contribution in [-0.2, 0) is 24.3 Å². The van der Waals surface area contributed by atoms with Gasteiger partial charge in [-0.25, -0.2) is 8.42 Å². The Kier molecular flexibility index (Phi) is 6.75. The van der Waals surface area contributed by atoms with Gasteiger partial charge in [0.2, 0.25) is 10.0 Å². The summed E-state index contributed by atoms with van der Waals surface area (Å²) in [5.41, 5.74) is 0.420. The third-order valence-electron chi connectivity index (χ3n) is 5.10. The Labute approximate surface area is 195 Å². The number of benzene rings is 2. The van der Waals surface area contributed by atoms with E-state index in [4.69, 9.17) is 25.8 Å². The number of esters is 1. The van der Waals surface area contributed by atoms with Crippen molar-refractivity contribution in [1.29, 1.82) is 0 Å². The van der Waals surface area contributed by atoms with E-state index in [1.54, 1.807) is 18.2 Å². The zero-order valence-electron chi connectivity index (χ0n) is 17.3. The van der Waals surface area contributed by atoms with Gasteiger partial charge in [-0.05, 0) is 36.4 Å². The average molecular weight is 497 g/mol. The number of aliphatic hydroxyl groups excluding tert-OH is 1. The minimum atomic E-state index is -4.09. The van der Waals surface area contributed by atoms with E-state index in [2.05, 4.69) is 5.32 Å². The second-order valence-corrected chi connectivity index (χ2v) is 9.78. The summed E-state index contributed by atoms with van der Waals surface area (Å²) in [6, 6.07) is 9.03. The highest BCUT2D eigenvalue weighted by molar-refractivity contribution is 7.89. The number of nitrogens with zero attached hydrogens (tertiary/aromatic N) is 1. The van der Waals surface area contributed by atoms with Crippen LogP contribution in [0.2, 0.25) is 5.02 Å². The number of rotatable bonds is 6. The first-order valence-electron chi connectivity index (χ1n) is 10.1. The Hall–Kier alpha value is -2.86. The second kappa shape index (κ2) is 9.56. The molecule has 1 saturated heterocycles. The Morgan fingerprint density at radius 2 is 1.82 bits per heavy atom. The van der Waals surface area contributed by atoms with Crippen LogP contribution in [0.5, 0.6) is 11.5 Å². The molecule has 33 heavy (non-hydrogen) atoms. The molecule has 4 rings (SSSR count). The van der Waals surface area contributed by atoms with Crippen molar-refractivity contribution >= 4 is 39.2 Å². The van der Waals surface area contributed by atoms with E-state index in [0.717, 1.165) is 4.31 Å². The van der Waals surface area contributed by atoms with Crippen LogP contribution >= 0.6 is 11.6 Å². The lowest BCUT2D eigenvalue weighted by Crippen LogP contribution is -2.42. The number of aliphatic hydroxyl groups is 1. The van der Waals surface area contributed by atoms with Crippen molar-refractivity contribution in [2.45, 2.75) is 23.5 Å². The Balaban J connectivity index is 1.38. The zero-order chi connectivity index (χ0) is 23.6. The summed E-state index contributed by atoms with van der Waals surface area (Å²) in [5.74, 6) is -0.501. The van der Waals surface area contributed by atoms with E-state index in [-0.39, 0.29) is 17.9 Å². The van der Waals surface area contributed by atoms with Crippen molar-refractivity contribution in [2.75, 3.05) is 31.7 Å². The number of β-amino-alcohol motifs (C(OH)–C–C–N with tert-alkyl or cyclic N) is 1. The van der Waals surface area contributed by atoms with Crippen LogP contribution < -0.4 is 14.8 Å². The van der Waals surface area contributed by atoms with Gasteiger partial charge in [-0.2, -0.15) is 4.31 Å². The lowest BCUT2D eigenvalue weighted by Gasteiger charge is -2.22. The second-order valence-electron chi connectivity index (χ2n) is 7.45. The first-order valence-corrected chi connectivity index (χ1v) is 11.9. The minimum Gasteiger partial charge on any atom is -0.486 e. The summed E-state index contributed by atoms with van der Waals surface area (Å²) < 4.78 is 42.7. The number of hydrogen-bond donors (Lipinski definition) is 2. The van der Waals surface area contributed by atoms with Crippen LogP contribution in [-0.4, -0.2) is 68.2 Å². The summed E-state index contributed by atoms with van der Waals surface area (Å²) in [4.78, 5) is 24.8. The van der Waals surface area contributed by atoms with Crippen molar-refractivity contribution in [1.82, 2.24) is 4.31 Å². The molecule has 0 aliphatic carbocycles. The maximum atomic E-state index is 13.0. The van der Waals surface area contributed by atoms with Crippen molar-refractivity contribution < 1.29 is 37.3 Å². The monoisotopic (exact) mass is 496 g/mol. The van der Waals surface area contributed by atoms with E-state index in [9.17, 15) is 23.1 Å². The van der Waals surface area contributed by atoms with Gasteiger partial charge < -0.3 is 24.6 Å². The molecule has 2 heterocycles. The van der Waals surface area contributed by atoms with E-state index < -0.39 is 40.7 Å². The Bertz CT molecular complexity index is 1160. The zero-order valence-corrected chi connectivity index (χ0v) is 18.8. The van der Waals surface area contributed by atoms with Gasteiger partial charge in [-0.3, -0.25) is 9.59 Å². The number of sulfonamides is 1. The van der Waals surface area contributed by atoms with Gasteiger partial charge >= 0.3 is 5.97 Å². The van der Waals surface area contributed by atoms with Crippen LogP contribution in [0.15, 0.2) is 47.4 Å². The van der Waals surface area contributed by atoms with Gasteiger partial charge in [0.15, 0.2) is 18.1 Å². The molecule has 0 bridgehead atoms. The summed E-state index contributed by atoms with van der Waals surface area (Å²) in [7, 11) is -4.09. The molecule has 1 fully saturated rings. The molecule has 2 unspecified atom stereocenters. The average Bonchev–Trinajstić information content (AvgIpc) is 3.20. The maximum absolute atomic E-state index is 13.0. The molecule has 2 atom stereocenters. The fourth-order valence-corrected chi connectivity index (χ4v) is 5.31. The van der Waals surface area contributed by atoms with E-state index in [1.807, 2.05) is 0 Å². The number of fused-ring (bicyclic) bond motifs is 1. The number of ether oxygens (including phenoxy) is 3. The predicted octanol–water partition coefficient (Wildman–Crippen LogP) is 1.42. The molecule has 2 N–H and O–H groups in total. The molecule has 1 amide bonds. The van der Waals surface area contributed by atoms with Gasteiger partial charge in [-0.1, -0.05) is 11.6 Å². The van der Waals surface area contributed by atoms with Gasteiger partial charge in [-0.15, -0.1) is 0 Å². The maximum Gasteiger partial charge on any atom is 0.325 e. The van der Waals surface area contributed by atoms with Crippen LogP contribution in [0, 0.1) is 0 Å². The summed E-state index contributed by atoms with van der Waals surface area (Å²) in [6.45, 7) is -0.0667.